The van der Waals surface area contributed by atoms with E-state index in [0.29, 0.717) is 6.42 Å². The van der Waals surface area contributed by atoms with Crippen molar-refractivity contribution in [3.63, 3.8) is 0 Å². The highest BCUT2D eigenvalue weighted by Crippen LogP contribution is 2.06. The zero-order valence-corrected chi connectivity index (χ0v) is 8.23. The minimum atomic E-state index is -0.637. The van der Waals surface area contributed by atoms with Crippen molar-refractivity contribution < 1.29 is 9.59 Å². The van der Waals surface area contributed by atoms with Crippen LogP contribution in [0.5, 0.6) is 0 Å². The second kappa shape index (κ2) is 4.60. The summed E-state index contributed by atoms with van der Waals surface area (Å²) < 4.78 is 0. The van der Waals surface area contributed by atoms with Crippen molar-refractivity contribution in [2.75, 3.05) is 0 Å². The monoisotopic (exact) mass is 192 g/mol. The van der Waals surface area contributed by atoms with Gasteiger partial charge in [0.1, 0.15) is 5.78 Å². The molecule has 4 heteroatoms. The van der Waals surface area contributed by atoms with Crippen LogP contribution in [0.2, 0.25) is 0 Å². The molecule has 0 amide bonds. The van der Waals surface area contributed by atoms with E-state index in [2.05, 4.69) is 9.97 Å². The Morgan fingerprint density at radius 2 is 1.93 bits per heavy atom. The quantitative estimate of drug-likeness (QED) is 0.532. The molecule has 0 N–H and O–H groups in total. The van der Waals surface area contributed by atoms with E-state index < -0.39 is 5.92 Å². The fourth-order valence-electron chi connectivity index (χ4n) is 1.07. The Morgan fingerprint density at radius 1 is 1.36 bits per heavy atom. The molecule has 1 rings (SSSR count). The van der Waals surface area contributed by atoms with Gasteiger partial charge in [-0.1, -0.05) is 6.92 Å². The van der Waals surface area contributed by atoms with Crippen molar-refractivity contribution in [3.05, 3.63) is 24.3 Å². The van der Waals surface area contributed by atoms with Gasteiger partial charge in [0, 0.05) is 18.8 Å². The molecule has 14 heavy (non-hydrogen) atoms. The van der Waals surface area contributed by atoms with E-state index in [1.807, 2.05) is 0 Å². The summed E-state index contributed by atoms with van der Waals surface area (Å²) >= 11 is 0. The molecule has 74 valence electrons. The molecule has 1 aromatic heterocycles. The van der Waals surface area contributed by atoms with Gasteiger partial charge in [-0.25, -0.2) is 9.97 Å². The van der Waals surface area contributed by atoms with Gasteiger partial charge >= 0.3 is 0 Å². The predicted molar refractivity (Wildman–Crippen MR) is 50.8 cm³/mol. The molecule has 1 unspecified atom stereocenters. The smallest absolute Gasteiger partial charge is 0.210 e. The van der Waals surface area contributed by atoms with E-state index in [0.717, 1.165) is 0 Å². The van der Waals surface area contributed by atoms with Gasteiger partial charge in [-0.3, -0.25) is 9.59 Å². The Balaban J connectivity index is 2.81. The molecule has 1 aromatic rings. The molecule has 0 aliphatic heterocycles. The normalized spacial score (nSPS) is 12.1. The van der Waals surface area contributed by atoms with E-state index in [4.69, 9.17) is 0 Å². The van der Waals surface area contributed by atoms with Crippen LogP contribution in [0.4, 0.5) is 0 Å². The predicted octanol–water partition coefficient (Wildman–Crippen LogP) is 1.27. The molecule has 1 atom stereocenters. The van der Waals surface area contributed by atoms with Gasteiger partial charge in [0.2, 0.25) is 5.78 Å². The highest BCUT2D eigenvalue weighted by molar-refractivity contribution is 6.08. The molecule has 0 spiro atoms. The van der Waals surface area contributed by atoms with Crippen molar-refractivity contribution in [1.82, 2.24) is 9.97 Å². The van der Waals surface area contributed by atoms with Gasteiger partial charge in [-0.15, -0.1) is 0 Å². The topological polar surface area (TPSA) is 59.9 Å². The lowest BCUT2D eigenvalue weighted by Gasteiger charge is -2.05. The summed E-state index contributed by atoms with van der Waals surface area (Å²) in [7, 11) is 0. The molecule has 0 aliphatic rings. The lowest BCUT2D eigenvalue weighted by Crippen LogP contribution is -2.22. The first-order chi connectivity index (χ1) is 6.66. The van der Waals surface area contributed by atoms with Crippen LogP contribution in [-0.4, -0.2) is 21.5 Å². The van der Waals surface area contributed by atoms with Gasteiger partial charge in [-0.2, -0.15) is 0 Å². The molecular formula is C10H12N2O2. The van der Waals surface area contributed by atoms with Crippen LogP contribution in [0.25, 0.3) is 0 Å². The van der Waals surface area contributed by atoms with Crippen molar-refractivity contribution in [2.24, 2.45) is 5.92 Å². The lowest BCUT2D eigenvalue weighted by atomic mass is 9.99. The molecule has 0 saturated carbocycles. The second-order valence-electron chi connectivity index (χ2n) is 2.98. The molecule has 0 radical (unpaired) electrons. The fraction of sp³-hybridized carbons (Fsp3) is 0.400. The summed E-state index contributed by atoms with van der Waals surface area (Å²) in [6.45, 7) is 3.32. The Hall–Kier alpha value is -1.58. The third-order valence-electron chi connectivity index (χ3n) is 2.01. The molecule has 0 fully saturated rings. The standard InChI is InChI=1S/C10H12N2O2/c1-3-8(13)7(2)9(14)10-11-5-4-6-12-10/h4-7H,3H2,1-2H3. The minimum absolute atomic E-state index is 0.0811. The van der Waals surface area contributed by atoms with Crippen LogP contribution in [0.3, 0.4) is 0 Å². The number of hydrogen-bond donors (Lipinski definition) is 0. The first kappa shape index (κ1) is 10.5. The molecule has 0 aromatic carbocycles. The number of hydrogen-bond acceptors (Lipinski definition) is 4. The van der Waals surface area contributed by atoms with Crippen molar-refractivity contribution in [1.29, 1.82) is 0 Å². The minimum Gasteiger partial charge on any atom is -0.299 e. The highest BCUT2D eigenvalue weighted by atomic mass is 16.2. The summed E-state index contributed by atoms with van der Waals surface area (Å²) in [6.07, 6.45) is 3.34. The third-order valence-corrected chi connectivity index (χ3v) is 2.01. The molecule has 0 saturated heterocycles. The van der Waals surface area contributed by atoms with E-state index in [1.54, 1.807) is 19.9 Å². The largest absolute Gasteiger partial charge is 0.299 e. The van der Waals surface area contributed by atoms with E-state index in [1.165, 1.54) is 12.4 Å². The van der Waals surface area contributed by atoms with Gasteiger partial charge in [0.25, 0.3) is 0 Å². The zero-order chi connectivity index (χ0) is 10.6. The summed E-state index contributed by atoms with van der Waals surface area (Å²) in [5.41, 5.74) is 0. The maximum atomic E-state index is 11.6. The van der Waals surface area contributed by atoms with Gasteiger partial charge in [0.15, 0.2) is 5.82 Å². The van der Waals surface area contributed by atoms with Gasteiger partial charge in [0.05, 0.1) is 5.92 Å². The van der Waals surface area contributed by atoms with Crippen LogP contribution in [0.15, 0.2) is 18.5 Å². The van der Waals surface area contributed by atoms with Crippen molar-refractivity contribution in [2.45, 2.75) is 20.3 Å². The van der Waals surface area contributed by atoms with Crippen LogP contribution in [0, 0.1) is 5.92 Å². The fourth-order valence-corrected chi connectivity index (χ4v) is 1.07. The first-order valence-corrected chi connectivity index (χ1v) is 4.50. The first-order valence-electron chi connectivity index (χ1n) is 4.50. The average molecular weight is 192 g/mol. The second-order valence-corrected chi connectivity index (χ2v) is 2.98. The van der Waals surface area contributed by atoms with Gasteiger partial charge < -0.3 is 0 Å². The van der Waals surface area contributed by atoms with E-state index in [-0.39, 0.29) is 17.4 Å². The summed E-state index contributed by atoms with van der Waals surface area (Å²) in [5, 5.41) is 0. The number of carbonyl (C=O) groups is 2. The number of ketones is 2. The number of nitrogens with zero attached hydrogens (tertiary/aromatic N) is 2. The Kier molecular flexibility index (Phi) is 3.45. The van der Waals surface area contributed by atoms with Crippen LogP contribution < -0.4 is 0 Å². The molecule has 0 bridgehead atoms. The van der Waals surface area contributed by atoms with E-state index in [9.17, 15) is 9.59 Å². The number of carbonyl (C=O) groups excluding carboxylic acids is 2. The number of aromatic nitrogens is 2. The SMILES string of the molecule is CCC(=O)C(C)C(=O)c1ncccn1. The molecule has 1 heterocycles. The Labute approximate surface area is 82.4 Å². The van der Waals surface area contributed by atoms with E-state index >= 15 is 0 Å². The van der Waals surface area contributed by atoms with Crippen LogP contribution in [0.1, 0.15) is 30.9 Å². The molecule has 0 aliphatic carbocycles. The summed E-state index contributed by atoms with van der Waals surface area (Å²) in [4.78, 5) is 30.5. The van der Waals surface area contributed by atoms with Crippen molar-refractivity contribution >= 4 is 11.6 Å². The molecule has 4 nitrogen and oxygen atoms in total. The maximum absolute atomic E-state index is 11.6. The zero-order valence-electron chi connectivity index (χ0n) is 8.23. The van der Waals surface area contributed by atoms with Gasteiger partial charge in [-0.05, 0) is 13.0 Å². The molecular weight excluding hydrogens is 180 g/mol. The highest BCUT2D eigenvalue weighted by Gasteiger charge is 2.22. The van der Waals surface area contributed by atoms with Crippen LogP contribution >= 0.6 is 0 Å². The summed E-state index contributed by atoms with van der Waals surface area (Å²) in [5.74, 6) is -0.913. The lowest BCUT2D eigenvalue weighted by molar-refractivity contribution is -0.120. The maximum Gasteiger partial charge on any atom is 0.210 e. The Morgan fingerprint density at radius 3 is 2.43 bits per heavy atom. The number of rotatable bonds is 4. The number of Topliss-reactive ketones (excluding diaryl/α,β-unsaturated/α-hetero) is 2. The average Bonchev–Trinajstić information content (AvgIpc) is 2.27. The van der Waals surface area contributed by atoms with Crippen molar-refractivity contribution in [3.8, 4) is 0 Å². The summed E-state index contributed by atoms with van der Waals surface area (Å²) in [6, 6.07) is 1.63. The third kappa shape index (κ3) is 2.22. The van der Waals surface area contributed by atoms with Crippen LogP contribution in [-0.2, 0) is 4.79 Å². The Bertz CT molecular complexity index is 335.